The van der Waals surface area contributed by atoms with Gasteiger partial charge in [0.25, 0.3) is 5.91 Å². The van der Waals surface area contributed by atoms with E-state index in [4.69, 9.17) is 14.6 Å². The van der Waals surface area contributed by atoms with Gasteiger partial charge in [0.1, 0.15) is 5.75 Å². The molecule has 3 N–H and O–H groups in total. The van der Waals surface area contributed by atoms with Crippen LogP contribution in [0.25, 0.3) is 0 Å². The van der Waals surface area contributed by atoms with Crippen LogP contribution in [0.1, 0.15) is 17.3 Å². The molecule has 0 aromatic heterocycles. The lowest BCUT2D eigenvalue weighted by Gasteiger charge is -2.14. The van der Waals surface area contributed by atoms with E-state index in [2.05, 4.69) is 21.2 Å². The van der Waals surface area contributed by atoms with Crippen LogP contribution in [0, 0.1) is 0 Å². The van der Waals surface area contributed by atoms with Gasteiger partial charge in [-0.1, -0.05) is 0 Å². The summed E-state index contributed by atoms with van der Waals surface area (Å²) in [5.74, 6) is -0.809. The minimum absolute atomic E-state index is 0.0807. The van der Waals surface area contributed by atoms with E-state index in [-0.39, 0.29) is 10.5 Å². The average molecular weight is 457 g/mol. The molecule has 0 aliphatic heterocycles. The Kier molecular flexibility index (Phi) is 6.58. The SMILES string of the molecule is COc1ccc(Br)c(C(=O)O[C@H](C)C(=O)Nc2ccc(S(N)(=O)=O)cc2)c1. The predicted molar refractivity (Wildman–Crippen MR) is 102 cm³/mol. The number of sulfonamides is 1. The van der Waals surface area contributed by atoms with Crippen molar-refractivity contribution in [2.45, 2.75) is 17.9 Å². The van der Waals surface area contributed by atoms with Crippen LogP contribution < -0.4 is 15.2 Å². The second kappa shape index (κ2) is 8.51. The van der Waals surface area contributed by atoms with E-state index in [0.717, 1.165) is 0 Å². The van der Waals surface area contributed by atoms with Crippen LogP contribution in [-0.2, 0) is 19.6 Å². The first-order valence-corrected chi connectivity index (χ1v) is 9.94. The van der Waals surface area contributed by atoms with Crippen LogP contribution in [0.3, 0.4) is 0 Å². The van der Waals surface area contributed by atoms with E-state index in [1.807, 2.05) is 0 Å². The summed E-state index contributed by atoms with van der Waals surface area (Å²) >= 11 is 3.25. The fourth-order valence-electron chi connectivity index (χ4n) is 2.04. The van der Waals surface area contributed by atoms with Crippen LogP contribution in [0.5, 0.6) is 5.75 Å². The molecule has 0 aliphatic rings. The zero-order chi connectivity index (χ0) is 20.2. The Bertz CT molecular complexity index is 960. The molecule has 8 nitrogen and oxygen atoms in total. The van der Waals surface area contributed by atoms with Gasteiger partial charge in [0.15, 0.2) is 6.10 Å². The highest BCUT2D eigenvalue weighted by Gasteiger charge is 2.21. The minimum atomic E-state index is -3.82. The Morgan fingerprint density at radius 1 is 1.15 bits per heavy atom. The molecule has 27 heavy (non-hydrogen) atoms. The van der Waals surface area contributed by atoms with Crippen molar-refractivity contribution in [1.82, 2.24) is 0 Å². The molecule has 10 heteroatoms. The zero-order valence-corrected chi connectivity index (χ0v) is 16.8. The molecule has 0 fully saturated rings. The molecule has 0 bridgehead atoms. The van der Waals surface area contributed by atoms with E-state index in [9.17, 15) is 18.0 Å². The Hall–Kier alpha value is -2.43. The van der Waals surface area contributed by atoms with Gasteiger partial charge in [-0.25, -0.2) is 18.4 Å². The third-order valence-electron chi connectivity index (χ3n) is 3.50. The highest BCUT2D eigenvalue weighted by Crippen LogP contribution is 2.23. The lowest BCUT2D eigenvalue weighted by Crippen LogP contribution is -2.30. The van der Waals surface area contributed by atoms with Gasteiger partial charge in [0.05, 0.1) is 17.6 Å². The molecule has 0 radical (unpaired) electrons. The second-order valence-corrected chi connectivity index (χ2v) is 7.87. The summed E-state index contributed by atoms with van der Waals surface area (Å²) in [4.78, 5) is 24.4. The highest BCUT2D eigenvalue weighted by molar-refractivity contribution is 9.10. The number of hydrogen-bond donors (Lipinski definition) is 2. The van der Waals surface area contributed by atoms with E-state index >= 15 is 0 Å². The Morgan fingerprint density at radius 3 is 2.33 bits per heavy atom. The number of rotatable bonds is 6. The number of amides is 1. The molecule has 1 atom stereocenters. The summed E-state index contributed by atoms with van der Waals surface area (Å²) in [5, 5.41) is 7.54. The van der Waals surface area contributed by atoms with Crippen molar-refractivity contribution in [1.29, 1.82) is 0 Å². The molecule has 0 unspecified atom stereocenters. The second-order valence-electron chi connectivity index (χ2n) is 5.45. The molecular weight excluding hydrogens is 440 g/mol. The average Bonchev–Trinajstić information content (AvgIpc) is 2.61. The summed E-state index contributed by atoms with van der Waals surface area (Å²) in [7, 11) is -2.35. The van der Waals surface area contributed by atoms with Gasteiger partial charge in [-0.15, -0.1) is 0 Å². The maximum absolute atomic E-state index is 12.3. The predicted octanol–water partition coefficient (Wildman–Crippen LogP) is 2.29. The fourth-order valence-corrected chi connectivity index (χ4v) is 2.96. The van der Waals surface area contributed by atoms with Crippen molar-refractivity contribution in [3.8, 4) is 5.75 Å². The van der Waals surface area contributed by atoms with Crippen LogP contribution in [0.15, 0.2) is 51.8 Å². The Labute approximate surface area is 164 Å². The van der Waals surface area contributed by atoms with E-state index < -0.39 is 28.0 Å². The lowest BCUT2D eigenvalue weighted by molar-refractivity contribution is -0.123. The molecule has 0 spiro atoms. The molecule has 0 heterocycles. The van der Waals surface area contributed by atoms with Crippen LogP contribution in [0.2, 0.25) is 0 Å². The van der Waals surface area contributed by atoms with Gasteiger partial charge < -0.3 is 14.8 Å². The number of hydrogen-bond acceptors (Lipinski definition) is 6. The summed E-state index contributed by atoms with van der Waals surface area (Å²) in [5.41, 5.74) is 0.546. The maximum Gasteiger partial charge on any atom is 0.340 e. The topological polar surface area (TPSA) is 125 Å². The van der Waals surface area contributed by atoms with E-state index in [0.29, 0.717) is 15.9 Å². The summed E-state index contributed by atoms with van der Waals surface area (Å²) in [6.45, 7) is 1.42. The van der Waals surface area contributed by atoms with Gasteiger partial charge in [0, 0.05) is 10.2 Å². The molecule has 144 valence electrons. The summed E-state index contributed by atoms with van der Waals surface area (Å²) in [6.07, 6.45) is -1.09. The van der Waals surface area contributed by atoms with Gasteiger partial charge in [-0.3, -0.25) is 4.79 Å². The number of carbonyl (C=O) groups is 2. The van der Waals surface area contributed by atoms with Crippen LogP contribution in [0.4, 0.5) is 5.69 Å². The molecule has 0 saturated heterocycles. The Balaban J connectivity index is 2.04. The molecule has 0 saturated carbocycles. The van der Waals surface area contributed by atoms with Crippen molar-refractivity contribution >= 4 is 43.5 Å². The number of esters is 1. The van der Waals surface area contributed by atoms with Crippen molar-refractivity contribution in [2.24, 2.45) is 5.14 Å². The van der Waals surface area contributed by atoms with Gasteiger partial charge in [0.2, 0.25) is 10.0 Å². The first-order valence-electron chi connectivity index (χ1n) is 7.60. The molecule has 2 rings (SSSR count). The van der Waals surface area contributed by atoms with Gasteiger partial charge in [-0.05, 0) is 65.3 Å². The van der Waals surface area contributed by atoms with Crippen molar-refractivity contribution in [3.05, 3.63) is 52.5 Å². The monoisotopic (exact) mass is 456 g/mol. The standard InChI is InChI=1S/C17H17BrN2O6S/c1-10(26-17(22)14-9-12(25-2)5-8-15(14)18)16(21)20-11-3-6-13(7-4-11)27(19,23)24/h3-10H,1-2H3,(H,20,21)(H2,19,23,24)/t10-/m1/s1. The zero-order valence-electron chi connectivity index (χ0n) is 14.4. The number of primary sulfonamides is 1. The minimum Gasteiger partial charge on any atom is -0.497 e. The number of halogens is 1. The quantitative estimate of drug-likeness (QED) is 0.642. The van der Waals surface area contributed by atoms with Gasteiger partial charge >= 0.3 is 5.97 Å². The molecular formula is C17H17BrN2O6S. The number of anilines is 1. The van der Waals surface area contributed by atoms with Crippen molar-refractivity contribution in [3.63, 3.8) is 0 Å². The number of nitrogens with two attached hydrogens (primary N) is 1. The number of nitrogens with one attached hydrogen (secondary N) is 1. The van der Waals surface area contributed by atoms with Crippen molar-refractivity contribution in [2.75, 3.05) is 12.4 Å². The Morgan fingerprint density at radius 2 is 1.78 bits per heavy atom. The molecule has 2 aromatic carbocycles. The third kappa shape index (κ3) is 5.52. The number of methoxy groups -OCH3 is 1. The third-order valence-corrected chi connectivity index (χ3v) is 5.12. The fraction of sp³-hybridized carbons (Fsp3) is 0.176. The smallest absolute Gasteiger partial charge is 0.340 e. The molecule has 0 aliphatic carbocycles. The lowest BCUT2D eigenvalue weighted by atomic mass is 10.2. The first-order chi connectivity index (χ1) is 12.6. The van der Waals surface area contributed by atoms with Gasteiger partial charge in [-0.2, -0.15) is 0 Å². The van der Waals surface area contributed by atoms with E-state index in [1.165, 1.54) is 44.4 Å². The van der Waals surface area contributed by atoms with Crippen LogP contribution in [-0.4, -0.2) is 33.5 Å². The first kappa shape index (κ1) is 20.9. The van der Waals surface area contributed by atoms with E-state index in [1.54, 1.807) is 12.1 Å². The number of benzene rings is 2. The number of ether oxygens (including phenoxy) is 2. The van der Waals surface area contributed by atoms with Crippen LogP contribution >= 0.6 is 15.9 Å². The highest BCUT2D eigenvalue weighted by atomic mass is 79.9. The summed E-state index contributed by atoms with van der Waals surface area (Å²) < 4.78 is 33.2. The largest absolute Gasteiger partial charge is 0.497 e. The summed E-state index contributed by atoms with van der Waals surface area (Å²) in [6, 6.07) is 10.1. The number of carbonyl (C=O) groups excluding carboxylic acids is 2. The molecule has 1 amide bonds. The maximum atomic E-state index is 12.3. The normalized spacial score (nSPS) is 12.1. The van der Waals surface area contributed by atoms with Crippen molar-refractivity contribution < 1.29 is 27.5 Å². The molecule has 2 aromatic rings.